The Balaban J connectivity index is 1.91. The fourth-order valence-electron chi connectivity index (χ4n) is 2.81. The van der Waals surface area contributed by atoms with Gasteiger partial charge < -0.3 is 19.5 Å². The van der Waals surface area contributed by atoms with Gasteiger partial charge in [0, 0.05) is 26.2 Å². The van der Waals surface area contributed by atoms with Crippen LogP contribution in [0.1, 0.15) is 30.1 Å². The minimum Gasteiger partial charge on any atom is -0.493 e. The molecular weight excluding hydrogens is 458 g/mol. The molecule has 0 aliphatic carbocycles. The monoisotopic (exact) mass is 479 g/mol. The number of hydrogen-bond acceptors (Lipinski definition) is 8. The summed E-state index contributed by atoms with van der Waals surface area (Å²) in [6, 6.07) is 5.82. The van der Waals surface area contributed by atoms with Gasteiger partial charge in [0.25, 0.3) is 0 Å². The molecule has 154 valence electrons. The van der Waals surface area contributed by atoms with Crippen LogP contribution in [0.2, 0.25) is 0 Å². The third-order valence-corrected chi connectivity index (χ3v) is 6.13. The summed E-state index contributed by atoms with van der Waals surface area (Å²) in [5, 5.41) is 6.36. The van der Waals surface area contributed by atoms with E-state index in [-0.39, 0.29) is 25.0 Å². The van der Waals surface area contributed by atoms with Crippen molar-refractivity contribution in [2.75, 3.05) is 26.1 Å². The van der Waals surface area contributed by atoms with E-state index in [1.165, 1.54) is 12.0 Å². The number of ether oxygens (including phenoxy) is 3. The van der Waals surface area contributed by atoms with E-state index in [0.29, 0.717) is 17.3 Å². The molecule has 0 radical (unpaired) electrons. The van der Waals surface area contributed by atoms with E-state index in [0.717, 1.165) is 21.2 Å². The van der Waals surface area contributed by atoms with E-state index in [1.807, 2.05) is 13.0 Å². The third-order valence-electron chi connectivity index (χ3n) is 4.25. The second kappa shape index (κ2) is 9.41. The van der Waals surface area contributed by atoms with Crippen LogP contribution in [0.4, 0.5) is 5.82 Å². The zero-order valence-corrected chi connectivity index (χ0v) is 19.0. The van der Waals surface area contributed by atoms with Gasteiger partial charge in [-0.25, -0.2) is 9.97 Å². The lowest BCUT2D eigenvalue weighted by Gasteiger charge is -2.17. The lowest BCUT2D eigenvalue weighted by Crippen LogP contribution is -2.09. The standard InChI is InChI=1S/C20H22BrN3O4S/c1-11(18-7-13(21)10-29-18)22-20-14-8-16(26-3)17(28-6-5-19(25)27-4)9-15(14)23-12(2)24-20/h7-11H,5-6H2,1-4H3,(H,22,23,24)/t11-/m0/s1. The highest BCUT2D eigenvalue weighted by atomic mass is 79.9. The summed E-state index contributed by atoms with van der Waals surface area (Å²) in [5.41, 5.74) is 0.730. The molecule has 1 N–H and O–H groups in total. The highest BCUT2D eigenvalue weighted by Crippen LogP contribution is 2.36. The fraction of sp³-hybridized carbons (Fsp3) is 0.350. The number of carbonyl (C=O) groups is 1. The summed E-state index contributed by atoms with van der Waals surface area (Å²) in [4.78, 5) is 21.6. The van der Waals surface area contributed by atoms with Crippen molar-refractivity contribution in [1.82, 2.24) is 9.97 Å². The molecule has 9 heteroatoms. The van der Waals surface area contributed by atoms with E-state index in [1.54, 1.807) is 24.5 Å². The molecule has 0 aliphatic rings. The van der Waals surface area contributed by atoms with Crippen LogP contribution in [0.5, 0.6) is 11.5 Å². The molecule has 2 aromatic heterocycles. The highest BCUT2D eigenvalue weighted by Gasteiger charge is 2.16. The van der Waals surface area contributed by atoms with Crippen molar-refractivity contribution in [2.24, 2.45) is 0 Å². The Morgan fingerprint density at radius 3 is 2.69 bits per heavy atom. The maximum absolute atomic E-state index is 11.3. The lowest BCUT2D eigenvalue weighted by molar-refractivity contribution is -0.141. The molecule has 0 aliphatic heterocycles. The Morgan fingerprint density at radius 2 is 2.03 bits per heavy atom. The van der Waals surface area contributed by atoms with Gasteiger partial charge in [-0.2, -0.15) is 0 Å². The summed E-state index contributed by atoms with van der Waals surface area (Å²) >= 11 is 5.17. The molecule has 0 saturated heterocycles. The number of carbonyl (C=O) groups excluding carboxylic acids is 1. The lowest BCUT2D eigenvalue weighted by atomic mass is 10.2. The predicted octanol–water partition coefficient (Wildman–Crippen LogP) is 4.89. The van der Waals surface area contributed by atoms with Crippen molar-refractivity contribution >= 4 is 50.0 Å². The minimum absolute atomic E-state index is 0.0748. The number of hydrogen-bond donors (Lipinski definition) is 1. The molecule has 0 fully saturated rings. The molecule has 0 unspecified atom stereocenters. The molecule has 0 saturated carbocycles. The molecule has 3 rings (SSSR count). The predicted molar refractivity (Wildman–Crippen MR) is 117 cm³/mol. The van der Waals surface area contributed by atoms with Gasteiger partial charge in [-0.3, -0.25) is 4.79 Å². The summed E-state index contributed by atoms with van der Waals surface area (Å²) < 4.78 is 16.9. The first-order chi connectivity index (χ1) is 13.9. The Bertz CT molecular complexity index is 1020. The fourth-order valence-corrected chi connectivity index (χ4v) is 4.27. The Kier molecular flexibility index (Phi) is 6.92. The van der Waals surface area contributed by atoms with Crippen LogP contribution in [0.3, 0.4) is 0 Å². The molecular formula is C20H22BrN3O4S. The zero-order valence-electron chi connectivity index (χ0n) is 16.6. The molecule has 0 spiro atoms. The van der Waals surface area contributed by atoms with E-state index < -0.39 is 0 Å². The van der Waals surface area contributed by atoms with Gasteiger partial charge in [-0.05, 0) is 41.9 Å². The van der Waals surface area contributed by atoms with Gasteiger partial charge in [0.1, 0.15) is 11.6 Å². The first kappa shape index (κ1) is 21.3. The number of methoxy groups -OCH3 is 2. The SMILES string of the molecule is COC(=O)CCOc1cc2nc(C)nc(N[C@@H](C)c3cc(Br)cs3)c2cc1OC. The van der Waals surface area contributed by atoms with Crippen LogP contribution in [0.25, 0.3) is 10.9 Å². The third kappa shape index (κ3) is 5.16. The Morgan fingerprint density at radius 1 is 1.24 bits per heavy atom. The van der Waals surface area contributed by atoms with Gasteiger partial charge in [-0.15, -0.1) is 11.3 Å². The first-order valence-corrected chi connectivity index (χ1v) is 10.6. The normalized spacial score (nSPS) is 11.9. The van der Waals surface area contributed by atoms with E-state index in [4.69, 9.17) is 9.47 Å². The Labute approximate surface area is 181 Å². The van der Waals surface area contributed by atoms with Crippen molar-refractivity contribution in [3.05, 3.63) is 38.8 Å². The quantitative estimate of drug-likeness (QED) is 0.460. The number of rotatable bonds is 8. The molecule has 0 bridgehead atoms. The second-order valence-corrected chi connectivity index (χ2v) is 8.21. The Hall–Kier alpha value is -2.39. The number of halogens is 1. The van der Waals surface area contributed by atoms with Crippen molar-refractivity contribution < 1.29 is 19.0 Å². The van der Waals surface area contributed by atoms with Gasteiger partial charge in [0.15, 0.2) is 11.5 Å². The number of aromatic nitrogens is 2. The summed E-state index contributed by atoms with van der Waals surface area (Å²) in [7, 11) is 2.92. The number of nitrogens with zero attached hydrogens (tertiary/aromatic N) is 2. The van der Waals surface area contributed by atoms with E-state index in [2.05, 4.69) is 54.3 Å². The van der Waals surface area contributed by atoms with Crippen LogP contribution < -0.4 is 14.8 Å². The van der Waals surface area contributed by atoms with Crippen LogP contribution in [0, 0.1) is 6.92 Å². The number of aryl methyl sites for hydroxylation is 1. The van der Waals surface area contributed by atoms with Crippen molar-refractivity contribution in [1.29, 1.82) is 0 Å². The van der Waals surface area contributed by atoms with Crippen LogP contribution in [-0.4, -0.2) is 36.8 Å². The number of benzene rings is 1. The second-order valence-electron chi connectivity index (χ2n) is 6.35. The van der Waals surface area contributed by atoms with Crippen molar-refractivity contribution in [3.8, 4) is 11.5 Å². The smallest absolute Gasteiger partial charge is 0.308 e. The van der Waals surface area contributed by atoms with Crippen LogP contribution >= 0.6 is 27.3 Å². The molecule has 0 amide bonds. The molecule has 1 atom stereocenters. The number of nitrogens with one attached hydrogen (secondary N) is 1. The highest BCUT2D eigenvalue weighted by molar-refractivity contribution is 9.10. The summed E-state index contributed by atoms with van der Waals surface area (Å²) in [5.74, 6) is 2.10. The van der Waals surface area contributed by atoms with Crippen LogP contribution in [0.15, 0.2) is 28.1 Å². The van der Waals surface area contributed by atoms with E-state index >= 15 is 0 Å². The van der Waals surface area contributed by atoms with Crippen molar-refractivity contribution in [2.45, 2.75) is 26.3 Å². The average Bonchev–Trinajstić information content (AvgIpc) is 3.13. The number of anilines is 1. The molecule has 2 heterocycles. The largest absolute Gasteiger partial charge is 0.493 e. The van der Waals surface area contributed by atoms with E-state index in [9.17, 15) is 4.79 Å². The maximum atomic E-state index is 11.3. The van der Waals surface area contributed by atoms with Crippen molar-refractivity contribution in [3.63, 3.8) is 0 Å². The average molecular weight is 480 g/mol. The van der Waals surface area contributed by atoms with Gasteiger partial charge >= 0.3 is 5.97 Å². The number of thiophene rings is 1. The summed E-state index contributed by atoms with van der Waals surface area (Å²) in [6.45, 7) is 4.12. The topological polar surface area (TPSA) is 82.6 Å². The summed E-state index contributed by atoms with van der Waals surface area (Å²) in [6.07, 6.45) is 0.154. The van der Waals surface area contributed by atoms with Gasteiger partial charge in [0.05, 0.1) is 38.8 Å². The number of esters is 1. The minimum atomic E-state index is -0.330. The molecule has 7 nitrogen and oxygen atoms in total. The van der Waals surface area contributed by atoms with Gasteiger partial charge in [-0.1, -0.05) is 0 Å². The number of fused-ring (bicyclic) bond motifs is 1. The van der Waals surface area contributed by atoms with Gasteiger partial charge in [0.2, 0.25) is 0 Å². The molecule has 29 heavy (non-hydrogen) atoms. The molecule has 3 aromatic rings. The zero-order chi connectivity index (χ0) is 21.0. The molecule has 1 aromatic carbocycles. The maximum Gasteiger partial charge on any atom is 0.308 e. The van der Waals surface area contributed by atoms with Crippen LogP contribution in [-0.2, 0) is 9.53 Å². The first-order valence-electron chi connectivity index (χ1n) is 8.97.